The second-order valence-corrected chi connectivity index (χ2v) is 4.98. The lowest BCUT2D eigenvalue weighted by atomic mass is 9.97. The van der Waals surface area contributed by atoms with Crippen LogP contribution in [0.1, 0.15) is 18.0 Å². The third-order valence-electron chi connectivity index (χ3n) is 3.63. The number of ether oxygens (including phenoxy) is 2. The molecule has 1 atom stereocenters. The van der Waals surface area contributed by atoms with Crippen LogP contribution in [0.4, 0.5) is 4.79 Å². The largest absolute Gasteiger partial charge is 0.493 e. The molecule has 2 N–H and O–H groups in total. The number of benzene rings is 1. The molecule has 22 heavy (non-hydrogen) atoms. The Kier molecular flexibility index (Phi) is 3.82. The molecule has 0 saturated carbocycles. The molecule has 1 unspecified atom stereocenters. The van der Waals surface area contributed by atoms with E-state index in [0.29, 0.717) is 24.7 Å². The van der Waals surface area contributed by atoms with Crippen LogP contribution in [0.2, 0.25) is 0 Å². The fourth-order valence-corrected chi connectivity index (χ4v) is 2.57. The van der Waals surface area contributed by atoms with Crippen molar-refractivity contribution in [3.05, 3.63) is 42.1 Å². The Balaban J connectivity index is 1.94. The first-order valence-corrected chi connectivity index (χ1v) is 6.94. The summed E-state index contributed by atoms with van der Waals surface area (Å²) in [5.74, 6) is 1.25. The van der Waals surface area contributed by atoms with Crippen LogP contribution in [0.5, 0.6) is 11.6 Å². The van der Waals surface area contributed by atoms with E-state index in [2.05, 4.69) is 10.3 Å². The quantitative estimate of drug-likeness (QED) is 0.911. The van der Waals surface area contributed by atoms with E-state index in [1.165, 1.54) is 0 Å². The zero-order valence-corrected chi connectivity index (χ0v) is 12.1. The Hall–Kier alpha value is -2.76. The topological polar surface area (TPSA) is 80.7 Å². The summed E-state index contributed by atoms with van der Waals surface area (Å²) in [5, 5.41) is 11.4. The van der Waals surface area contributed by atoms with Gasteiger partial charge in [-0.2, -0.15) is 0 Å². The maximum atomic E-state index is 10.9. The fourth-order valence-electron chi connectivity index (χ4n) is 2.57. The number of amides is 1. The summed E-state index contributed by atoms with van der Waals surface area (Å²) >= 11 is 0. The van der Waals surface area contributed by atoms with Gasteiger partial charge in [-0.1, -0.05) is 12.1 Å². The van der Waals surface area contributed by atoms with Gasteiger partial charge in [0.25, 0.3) is 0 Å². The van der Waals surface area contributed by atoms with Gasteiger partial charge in [0.05, 0.1) is 19.8 Å². The van der Waals surface area contributed by atoms with Crippen LogP contribution in [0, 0.1) is 0 Å². The van der Waals surface area contributed by atoms with Crippen molar-refractivity contribution in [1.29, 1.82) is 0 Å². The van der Waals surface area contributed by atoms with Crippen LogP contribution in [0.3, 0.4) is 0 Å². The number of carboxylic acid groups (broad SMARTS) is 1. The SMILES string of the molecule is COc1cc(-c2ccc3c(c2)OCCC3NC(=O)O)ccn1. The minimum atomic E-state index is -1.03. The molecule has 1 aromatic carbocycles. The summed E-state index contributed by atoms with van der Waals surface area (Å²) in [4.78, 5) is 15.0. The highest BCUT2D eigenvalue weighted by molar-refractivity contribution is 5.69. The summed E-state index contributed by atoms with van der Waals surface area (Å²) in [5.41, 5.74) is 2.79. The summed E-state index contributed by atoms with van der Waals surface area (Å²) in [6.07, 6.45) is 1.28. The molecule has 0 radical (unpaired) electrons. The molecule has 114 valence electrons. The van der Waals surface area contributed by atoms with Crippen LogP contribution >= 0.6 is 0 Å². The standard InChI is InChI=1S/C16H16N2O4/c1-21-15-9-11(4-6-17-15)10-2-3-12-13(18-16(19)20)5-7-22-14(12)8-10/h2-4,6,8-9,13,18H,5,7H2,1H3,(H,19,20). The molecule has 1 aliphatic rings. The number of carbonyl (C=O) groups is 1. The summed E-state index contributed by atoms with van der Waals surface area (Å²) < 4.78 is 10.8. The summed E-state index contributed by atoms with van der Waals surface area (Å²) in [6.45, 7) is 0.487. The van der Waals surface area contributed by atoms with E-state index in [0.717, 1.165) is 16.7 Å². The third kappa shape index (κ3) is 2.81. The minimum Gasteiger partial charge on any atom is -0.493 e. The molecule has 0 aliphatic carbocycles. The molecule has 6 nitrogen and oxygen atoms in total. The van der Waals surface area contributed by atoms with Crippen molar-refractivity contribution in [2.75, 3.05) is 13.7 Å². The third-order valence-corrected chi connectivity index (χ3v) is 3.63. The van der Waals surface area contributed by atoms with Crippen molar-refractivity contribution in [3.63, 3.8) is 0 Å². The first kappa shape index (κ1) is 14.2. The number of nitrogens with zero attached hydrogens (tertiary/aromatic N) is 1. The molecule has 3 rings (SSSR count). The predicted molar refractivity (Wildman–Crippen MR) is 80.2 cm³/mol. The number of nitrogens with one attached hydrogen (secondary N) is 1. The Morgan fingerprint density at radius 1 is 1.36 bits per heavy atom. The zero-order chi connectivity index (χ0) is 15.5. The maximum Gasteiger partial charge on any atom is 0.405 e. The van der Waals surface area contributed by atoms with Crippen molar-refractivity contribution in [2.24, 2.45) is 0 Å². The highest BCUT2D eigenvalue weighted by atomic mass is 16.5. The van der Waals surface area contributed by atoms with Crippen molar-refractivity contribution < 1.29 is 19.4 Å². The van der Waals surface area contributed by atoms with Crippen LogP contribution in [-0.4, -0.2) is 29.9 Å². The van der Waals surface area contributed by atoms with Crippen LogP contribution in [0.25, 0.3) is 11.1 Å². The van der Waals surface area contributed by atoms with Gasteiger partial charge < -0.3 is 19.9 Å². The van der Waals surface area contributed by atoms with Gasteiger partial charge >= 0.3 is 6.09 Å². The van der Waals surface area contributed by atoms with Gasteiger partial charge in [0.1, 0.15) is 5.75 Å². The monoisotopic (exact) mass is 300 g/mol. The Bertz CT molecular complexity index is 702. The number of rotatable bonds is 3. The Labute approximate surface area is 127 Å². The number of hydrogen-bond donors (Lipinski definition) is 2. The van der Waals surface area contributed by atoms with E-state index in [-0.39, 0.29) is 6.04 Å². The average molecular weight is 300 g/mol. The number of pyridine rings is 1. The van der Waals surface area contributed by atoms with Gasteiger partial charge in [0, 0.05) is 24.2 Å². The number of methoxy groups -OCH3 is 1. The lowest BCUT2D eigenvalue weighted by Gasteiger charge is -2.26. The number of hydrogen-bond acceptors (Lipinski definition) is 4. The fraction of sp³-hybridized carbons (Fsp3) is 0.250. The molecule has 6 heteroatoms. The van der Waals surface area contributed by atoms with Gasteiger partial charge in [-0.15, -0.1) is 0 Å². The lowest BCUT2D eigenvalue weighted by molar-refractivity contribution is 0.182. The highest BCUT2D eigenvalue weighted by Crippen LogP contribution is 2.35. The average Bonchev–Trinajstić information content (AvgIpc) is 2.54. The number of fused-ring (bicyclic) bond motifs is 1. The van der Waals surface area contributed by atoms with E-state index in [1.54, 1.807) is 13.3 Å². The summed E-state index contributed by atoms with van der Waals surface area (Å²) in [6, 6.07) is 9.26. The first-order chi connectivity index (χ1) is 10.7. The molecule has 2 aromatic rings. The predicted octanol–water partition coefficient (Wildman–Crippen LogP) is 2.85. The zero-order valence-electron chi connectivity index (χ0n) is 12.1. The summed E-state index contributed by atoms with van der Waals surface area (Å²) in [7, 11) is 1.57. The molecule has 1 aromatic heterocycles. The highest BCUT2D eigenvalue weighted by Gasteiger charge is 2.23. The molecule has 0 fully saturated rings. The van der Waals surface area contributed by atoms with Crippen molar-refractivity contribution in [3.8, 4) is 22.8 Å². The number of aromatic nitrogens is 1. The lowest BCUT2D eigenvalue weighted by Crippen LogP contribution is -2.30. The van der Waals surface area contributed by atoms with Crippen LogP contribution < -0.4 is 14.8 Å². The van der Waals surface area contributed by atoms with E-state index < -0.39 is 6.09 Å². The molecule has 2 heterocycles. The van der Waals surface area contributed by atoms with Crippen LogP contribution in [0.15, 0.2) is 36.5 Å². The smallest absolute Gasteiger partial charge is 0.405 e. The first-order valence-electron chi connectivity index (χ1n) is 6.94. The normalized spacial score (nSPS) is 16.3. The molecule has 1 amide bonds. The molecule has 0 saturated heterocycles. The molecular weight excluding hydrogens is 284 g/mol. The second-order valence-electron chi connectivity index (χ2n) is 4.98. The van der Waals surface area contributed by atoms with E-state index in [9.17, 15) is 4.79 Å². The second kappa shape index (κ2) is 5.93. The molecule has 1 aliphatic heterocycles. The van der Waals surface area contributed by atoms with Crippen LogP contribution in [-0.2, 0) is 0 Å². The molecule has 0 bridgehead atoms. The van der Waals surface area contributed by atoms with E-state index in [4.69, 9.17) is 14.6 Å². The van der Waals surface area contributed by atoms with Crippen molar-refractivity contribution in [1.82, 2.24) is 10.3 Å². The van der Waals surface area contributed by atoms with Gasteiger partial charge in [-0.3, -0.25) is 0 Å². The van der Waals surface area contributed by atoms with Gasteiger partial charge in [0.2, 0.25) is 5.88 Å². The van der Waals surface area contributed by atoms with Gasteiger partial charge in [-0.25, -0.2) is 9.78 Å². The van der Waals surface area contributed by atoms with E-state index >= 15 is 0 Å². The van der Waals surface area contributed by atoms with Crippen molar-refractivity contribution >= 4 is 6.09 Å². The Morgan fingerprint density at radius 2 is 2.18 bits per heavy atom. The molecule has 0 spiro atoms. The Morgan fingerprint density at radius 3 is 2.95 bits per heavy atom. The van der Waals surface area contributed by atoms with Crippen molar-refractivity contribution in [2.45, 2.75) is 12.5 Å². The van der Waals surface area contributed by atoms with Gasteiger partial charge in [-0.05, 0) is 23.3 Å². The van der Waals surface area contributed by atoms with E-state index in [1.807, 2.05) is 30.3 Å². The van der Waals surface area contributed by atoms with Gasteiger partial charge in [0.15, 0.2) is 0 Å². The molecular formula is C16H16N2O4. The maximum absolute atomic E-state index is 10.9. The minimum absolute atomic E-state index is 0.234.